The predicted octanol–water partition coefficient (Wildman–Crippen LogP) is 17.0. The lowest BCUT2D eigenvalue weighted by atomic mass is 9.79. The van der Waals surface area contributed by atoms with Crippen LogP contribution in [0.15, 0.2) is 127 Å². The molecule has 0 N–H and O–H groups in total. The normalized spacial score (nSPS) is 16.3. The van der Waals surface area contributed by atoms with Crippen molar-refractivity contribution >= 4 is 48.6 Å². The Labute approximate surface area is 367 Å². The second-order valence-corrected chi connectivity index (χ2v) is 22.8. The van der Waals surface area contributed by atoms with Gasteiger partial charge in [-0.05, 0) is 102 Å². The maximum Gasteiger partial charge on any atom is 0.0544 e. The van der Waals surface area contributed by atoms with Crippen molar-refractivity contribution in [2.24, 2.45) is 0 Å². The van der Waals surface area contributed by atoms with Crippen LogP contribution in [0.3, 0.4) is 0 Å². The third-order valence-corrected chi connectivity index (χ3v) is 16.2. The maximum absolute atomic E-state index is 2.64. The minimum Gasteiger partial charge on any atom is -0.309 e. The van der Waals surface area contributed by atoms with Crippen LogP contribution in [0, 0.1) is 0 Å². The van der Waals surface area contributed by atoms with Crippen LogP contribution in [-0.4, -0.2) is 0 Å². The first kappa shape index (κ1) is 38.5. The number of nitrogens with zero attached hydrogens (tertiary/aromatic N) is 1. The fourth-order valence-electron chi connectivity index (χ4n) is 11.5. The van der Waals surface area contributed by atoms with Gasteiger partial charge in [-0.2, -0.15) is 0 Å². The molecule has 0 unspecified atom stereocenters. The molecule has 0 aliphatic heterocycles. The molecule has 0 saturated heterocycles. The number of hydrogen-bond acceptors (Lipinski definition) is 2. The van der Waals surface area contributed by atoms with Crippen LogP contribution in [0.5, 0.6) is 0 Å². The molecule has 7 aromatic carbocycles. The lowest BCUT2D eigenvalue weighted by Crippen LogP contribution is -2.18. The first-order valence-electron chi connectivity index (χ1n) is 22.3. The van der Waals surface area contributed by atoms with E-state index >= 15 is 0 Å². The highest BCUT2D eigenvalue weighted by Crippen LogP contribution is 2.61. The van der Waals surface area contributed by atoms with Crippen LogP contribution in [0.25, 0.3) is 53.6 Å². The quantitative estimate of drug-likeness (QED) is 0.172. The number of anilines is 3. The van der Waals surface area contributed by atoms with Crippen molar-refractivity contribution in [2.45, 2.75) is 110 Å². The molecule has 0 spiro atoms. The Morgan fingerprint density at radius 3 is 1.62 bits per heavy atom. The van der Waals surface area contributed by atoms with E-state index in [0.717, 1.165) is 0 Å². The molecule has 0 bridgehead atoms. The SMILES string of the molecule is CC(C)(C)c1cc(C(C)(C)C)c2sc3c4c(ccc3c2c1)C(C)(C)c1cccc(N(c2ccc3c(c2)C(C)(C)c2ccccc2-3)c2cccc3c2-c2ccccc2C3(C)C)c1-4. The molecule has 0 atom stereocenters. The Hall–Kier alpha value is -5.44. The molecule has 1 aromatic heterocycles. The second kappa shape index (κ2) is 12.4. The first-order valence-corrected chi connectivity index (χ1v) is 23.1. The number of thiophene rings is 1. The van der Waals surface area contributed by atoms with Crippen molar-refractivity contribution in [1.82, 2.24) is 0 Å². The van der Waals surface area contributed by atoms with E-state index in [0.29, 0.717) is 0 Å². The van der Waals surface area contributed by atoms with Gasteiger partial charge in [0.25, 0.3) is 0 Å². The highest BCUT2D eigenvalue weighted by Gasteiger charge is 2.43. The Kier molecular flexibility index (Phi) is 7.79. The fraction of sp³-hybridized carbons (Fsp3) is 0.288. The number of hydrogen-bond donors (Lipinski definition) is 0. The topological polar surface area (TPSA) is 3.24 Å². The van der Waals surface area contributed by atoms with Gasteiger partial charge in [0, 0.05) is 58.8 Å². The van der Waals surface area contributed by atoms with Crippen molar-refractivity contribution in [1.29, 1.82) is 0 Å². The van der Waals surface area contributed by atoms with E-state index in [1.54, 1.807) is 0 Å². The summed E-state index contributed by atoms with van der Waals surface area (Å²) in [7, 11) is 0. The van der Waals surface area contributed by atoms with Crippen LogP contribution in [0.2, 0.25) is 0 Å². The van der Waals surface area contributed by atoms with Crippen LogP contribution in [0.1, 0.15) is 128 Å². The zero-order chi connectivity index (χ0) is 42.8. The summed E-state index contributed by atoms with van der Waals surface area (Å²) >= 11 is 2.02. The average Bonchev–Trinajstić information content (AvgIpc) is 3.86. The molecule has 0 amide bonds. The third kappa shape index (κ3) is 5.18. The van der Waals surface area contributed by atoms with Crippen LogP contribution >= 0.6 is 11.3 Å². The molecule has 0 saturated carbocycles. The Morgan fingerprint density at radius 2 is 0.951 bits per heavy atom. The van der Waals surface area contributed by atoms with Gasteiger partial charge in [-0.3, -0.25) is 0 Å². The van der Waals surface area contributed by atoms with Gasteiger partial charge in [0.2, 0.25) is 0 Å². The monoisotopic (exact) mass is 811 g/mol. The van der Waals surface area contributed by atoms with Crippen molar-refractivity contribution in [3.8, 4) is 33.4 Å². The van der Waals surface area contributed by atoms with Gasteiger partial charge in [0.15, 0.2) is 0 Å². The van der Waals surface area contributed by atoms with Crippen molar-refractivity contribution in [3.63, 3.8) is 0 Å². The van der Waals surface area contributed by atoms with E-state index in [-0.39, 0.29) is 27.1 Å². The predicted molar refractivity (Wildman–Crippen MR) is 264 cm³/mol. The van der Waals surface area contributed by atoms with E-state index in [4.69, 9.17) is 0 Å². The van der Waals surface area contributed by atoms with E-state index in [1.807, 2.05) is 11.3 Å². The first-order chi connectivity index (χ1) is 28.8. The molecule has 0 fully saturated rings. The average molecular weight is 812 g/mol. The summed E-state index contributed by atoms with van der Waals surface area (Å²) in [6.45, 7) is 28.7. The van der Waals surface area contributed by atoms with Crippen LogP contribution in [-0.2, 0) is 27.1 Å². The summed E-state index contributed by atoms with van der Waals surface area (Å²) in [6, 6.07) is 49.5. The number of fused-ring (bicyclic) bond motifs is 13. The minimum absolute atomic E-state index is 0.00145. The zero-order valence-electron chi connectivity index (χ0n) is 38.0. The summed E-state index contributed by atoms with van der Waals surface area (Å²) in [5, 5.41) is 2.76. The highest BCUT2D eigenvalue weighted by atomic mass is 32.1. The van der Waals surface area contributed by atoms with Gasteiger partial charge >= 0.3 is 0 Å². The molecule has 2 heteroatoms. The minimum atomic E-state index is -0.186. The molecule has 61 heavy (non-hydrogen) atoms. The molecule has 3 aliphatic carbocycles. The van der Waals surface area contributed by atoms with Gasteiger partial charge in [-0.15, -0.1) is 11.3 Å². The summed E-state index contributed by atoms with van der Waals surface area (Å²) in [5.74, 6) is 0. The fourth-order valence-corrected chi connectivity index (χ4v) is 13.1. The summed E-state index contributed by atoms with van der Waals surface area (Å²) in [6.07, 6.45) is 0. The molecular formula is C59H57NS. The van der Waals surface area contributed by atoms with Gasteiger partial charge in [-0.1, -0.05) is 180 Å². The zero-order valence-corrected chi connectivity index (χ0v) is 38.8. The lowest BCUT2D eigenvalue weighted by Gasteiger charge is -2.32. The van der Waals surface area contributed by atoms with Gasteiger partial charge in [0.1, 0.15) is 0 Å². The molecule has 11 rings (SSSR count). The van der Waals surface area contributed by atoms with Crippen molar-refractivity contribution in [3.05, 3.63) is 172 Å². The van der Waals surface area contributed by atoms with Crippen molar-refractivity contribution in [2.75, 3.05) is 4.90 Å². The third-order valence-electron chi connectivity index (χ3n) is 14.9. The molecule has 1 heterocycles. The Morgan fingerprint density at radius 1 is 0.410 bits per heavy atom. The standard InChI is InChI=1S/C59H57NS/c1-55(2,3)34-31-40-38-29-30-45-52(54(38)61-53(40)47(32-34)56(4,5)6)51-44(59(45,11)12)24-18-26-49(51)60(35-27-28-37-36-19-13-15-21-41(36)58(9,10)46(37)33-35)48-25-17-23-43-50(48)39-20-14-16-22-42(39)57(43,7)8/h13-33H,1-12H3. The Bertz CT molecular complexity index is 3190. The molecule has 8 aromatic rings. The maximum atomic E-state index is 2.64. The van der Waals surface area contributed by atoms with Crippen molar-refractivity contribution < 1.29 is 0 Å². The van der Waals surface area contributed by atoms with Gasteiger partial charge in [-0.25, -0.2) is 0 Å². The smallest absolute Gasteiger partial charge is 0.0544 e. The molecule has 3 aliphatic rings. The Balaban J connectivity index is 1.25. The van der Waals surface area contributed by atoms with Crippen LogP contribution < -0.4 is 4.90 Å². The van der Waals surface area contributed by atoms with E-state index < -0.39 is 0 Å². The molecular weight excluding hydrogens is 755 g/mol. The largest absolute Gasteiger partial charge is 0.309 e. The summed E-state index contributed by atoms with van der Waals surface area (Å²) in [4.78, 5) is 2.64. The highest BCUT2D eigenvalue weighted by molar-refractivity contribution is 7.26. The van der Waals surface area contributed by atoms with Crippen LogP contribution in [0.4, 0.5) is 17.1 Å². The van der Waals surface area contributed by atoms with Gasteiger partial charge < -0.3 is 4.90 Å². The second-order valence-electron chi connectivity index (χ2n) is 21.8. The summed E-state index contributed by atoms with van der Waals surface area (Å²) < 4.78 is 2.82. The van der Waals surface area contributed by atoms with Gasteiger partial charge in [0.05, 0.1) is 11.4 Å². The summed E-state index contributed by atoms with van der Waals surface area (Å²) in [5.41, 5.74) is 22.6. The van der Waals surface area contributed by atoms with E-state index in [9.17, 15) is 0 Å². The van der Waals surface area contributed by atoms with E-state index in [2.05, 4.69) is 215 Å². The molecule has 0 radical (unpaired) electrons. The number of rotatable bonds is 3. The lowest BCUT2D eigenvalue weighted by molar-refractivity contribution is 0.573. The molecule has 304 valence electrons. The number of benzene rings is 7. The molecule has 1 nitrogen and oxygen atoms in total. The van der Waals surface area contributed by atoms with E-state index in [1.165, 1.54) is 115 Å².